The molecule has 24 heavy (non-hydrogen) atoms. The SMILES string of the molecule is CSC1=C(C#Cc2ccccc2)COc2c1ccc1ccccc21. The van der Waals surface area contributed by atoms with Gasteiger partial charge in [-0.15, -0.1) is 11.8 Å². The van der Waals surface area contributed by atoms with Crippen LogP contribution in [-0.4, -0.2) is 12.9 Å². The van der Waals surface area contributed by atoms with E-state index in [0.29, 0.717) is 6.61 Å². The number of fused-ring (bicyclic) bond motifs is 3. The highest BCUT2D eigenvalue weighted by molar-refractivity contribution is 8.07. The normalized spacial score (nSPS) is 13.0. The molecule has 0 saturated carbocycles. The van der Waals surface area contributed by atoms with Crippen LogP contribution < -0.4 is 4.74 Å². The van der Waals surface area contributed by atoms with Crippen molar-refractivity contribution in [3.05, 3.63) is 83.4 Å². The largest absolute Gasteiger partial charge is 0.487 e. The number of thioether (sulfide) groups is 1. The molecule has 3 aromatic rings. The molecule has 0 radical (unpaired) electrons. The molecule has 2 heteroatoms. The van der Waals surface area contributed by atoms with Gasteiger partial charge in [0, 0.05) is 21.4 Å². The Morgan fingerprint density at radius 2 is 1.67 bits per heavy atom. The first-order valence-corrected chi connectivity index (χ1v) is 9.08. The third kappa shape index (κ3) is 2.68. The number of hydrogen-bond donors (Lipinski definition) is 0. The second-order valence-corrected chi connectivity index (χ2v) is 6.40. The Labute approximate surface area is 146 Å². The van der Waals surface area contributed by atoms with Gasteiger partial charge >= 0.3 is 0 Å². The van der Waals surface area contributed by atoms with Gasteiger partial charge in [0.25, 0.3) is 0 Å². The van der Waals surface area contributed by atoms with E-state index in [1.54, 1.807) is 11.8 Å². The van der Waals surface area contributed by atoms with Crippen molar-refractivity contribution in [3.63, 3.8) is 0 Å². The molecule has 0 amide bonds. The quantitative estimate of drug-likeness (QED) is 0.556. The lowest BCUT2D eigenvalue weighted by atomic mass is 10.0. The highest BCUT2D eigenvalue weighted by Crippen LogP contribution is 2.42. The van der Waals surface area contributed by atoms with E-state index in [1.807, 2.05) is 30.3 Å². The third-order valence-electron chi connectivity index (χ3n) is 4.09. The molecule has 4 rings (SSSR count). The van der Waals surface area contributed by atoms with Crippen LogP contribution in [0.1, 0.15) is 11.1 Å². The molecule has 0 N–H and O–H groups in total. The molecule has 3 aromatic carbocycles. The van der Waals surface area contributed by atoms with Crippen molar-refractivity contribution in [2.75, 3.05) is 12.9 Å². The lowest BCUT2D eigenvalue weighted by Crippen LogP contribution is -2.09. The molecule has 1 aliphatic heterocycles. The van der Waals surface area contributed by atoms with Crippen molar-refractivity contribution < 1.29 is 4.74 Å². The molecule has 116 valence electrons. The zero-order valence-electron chi connectivity index (χ0n) is 13.4. The summed E-state index contributed by atoms with van der Waals surface area (Å²) in [5.41, 5.74) is 3.22. The molecule has 0 saturated heterocycles. The fraction of sp³-hybridized carbons (Fsp3) is 0.0909. The molecule has 0 spiro atoms. The molecular weight excluding hydrogens is 312 g/mol. The van der Waals surface area contributed by atoms with Crippen molar-refractivity contribution >= 4 is 27.4 Å². The van der Waals surface area contributed by atoms with Gasteiger partial charge in [-0.3, -0.25) is 0 Å². The van der Waals surface area contributed by atoms with Gasteiger partial charge in [-0.1, -0.05) is 60.4 Å². The molecule has 0 atom stereocenters. The summed E-state index contributed by atoms with van der Waals surface area (Å²) < 4.78 is 6.10. The highest BCUT2D eigenvalue weighted by Gasteiger charge is 2.20. The average Bonchev–Trinajstić information content (AvgIpc) is 2.66. The lowest BCUT2D eigenvalue weighted by Gasteiger charge is -2.22. The molecule has 0 unspecified atom stereocenters. The summed E-state index contributed by atoms with van der Waals surface area (Å²) in [7, 11) is 0. The van der Waals surface area contributed by atoms with Crippen LogP contribution >= 0.6 is 11.8 Å². The number of ether oxygens (including phenoxy) is 1. The third-order valence-corrected chi connectivity index (χ3v) is 4.97. The maximum Gasteiger partial charge on any atom is 0.136 e. The van der Waals surface area contributed by atoms with E-state index in [0.717, 1.165) is 27.8 Å². The van der Waals surface area contributed by atoms with Crippen molar-refractivity contribution in [2.24, 2.45) is 0 Å². The van der Waals surface area contributed by atoms with E-state index >= 15 is 0 Å². The lowest BCUT2D eigenvalue weighted by molar-refractivity contribution is 0.356. The Hall–Kier alpha value is -2.63. The standard InChI is InChI=1S/C22H16OS/c1-24-22-18(12-11-16-7-3-2-4-8-16)15-23-21-19-10-6-5-9-17(19)13-14-20(21)22/h2-10,13-14H,15H2,1H3. The van der Waals surface area contributed by atoms with Gasteiger partial charge in [0.15, 0.2) is 0 Å². The van der Waals surface area contributed by atoms with E-state index in [1.165, 1.54) is 10.3 Å². The van der Waals surface area contributed by atoms with E-state index in [2.05, 4.69) is 54.5 Å². The molecular formula is C22H16OS. The van der Waals surface area contributed by atoms with E-state index in [9.17, 15) is 0 Å². The van der Waals surface area contributed by atoms with E-state index in [4.69, 9.17) is 4.74 Å². The second-order valence-electron chi connectivity index (χ2n) is 5.58. The molecule has 0 aromatic heterocycles. The van der Waals surface area contributed by atoms with Crippen LogP contribution in [0.4, 0.5) is 0 Å². The van der Waals surface area contributed by atoms with Crippen LogP contribution in [0.2, 0.25) is 0 Å². The Balaban J connectivity index is 1.83. The van der Waals surface area contributed by atoms with Gasteiger partial charge < -0.3 is 4.74 Å². The summed E-state index contributed by atoms with van der Waals surface area (Å²) >= 11 is 1.74. The summed E-state index contributed by atoms with van der Waals surface area (Å²) in [6.45, 7) is 0.525. The number of hydrogen-bond acceptors (Lipinski definition) is 2. The zero-order valence-corrected chi connectivity index (χ0v) is 14.2. The maximum atomic E-state index is 6.10. The van der Waals surface area contributed by atoms with Gasteiger partial charge in [-0.05, 0) is 29.8 Å². The minimum atomic E-state index is 0.525. The molecule has 0 aliphatic carbocycles. The van der Waals surface area contributed by atoms with E-state index in [-0.39, 0.29) is 0 Å². The van der Waals surface area contributed by atoms with Crippen molar-refractivity contribution in [1.29, 1.82) is 0 Å². The monoisotopic (exact) mass is 328 g/mol. The summed E-state index contributed by atoms with van der Waals surface area (Å²) in [6.07, 6.45) is 2.10. The number of rotatable bonds is 1. The molecule has 1 nitrogen and oxygen atoms in total. The first kappa shape index (κ1) is 14.9. The van der Waals surface area contributed by atoms with Crippen LogP contribution in [0.3, 0.4) is 0 Å². The van der Waals surface area contributed by atoms with Crippen molar-refractivity contribution in [1.82, 2.24) is 0 Å². The minimum absolute atomic E-state index is 0.525. The summed E-state index contributed by atoms with van der Waals surface area (Å²) in [6, 6.07) is 22.7. The Bertz CT molecular complexity index is 991. The van der Waals surface area contributed by atoms with Crippen molar-refractivity contribution in [3.8, 4) is 17.6 Å². The minimum Gasteiger partial charge on any atom is -0.487 e. The van der Waals surface area contributed by atoms with Gasteiger partial charge in [0.05, 0.1) is 5.57 Å². The number of benzene rings is 3. The van der Waals surface area contributed by atoms with Gasteiger partial charge in [0.1, 0.15) is 12.4 Å². The molecule has 1 heterocycles. The fourth-order valence-electron chi connectivity index (χ4n) is 2.94. The van der Waals surface area contributed by atoms with Crippen molar-refractivity contribution in [2.45, 2.75) is 0 Å². The molecule has 0 bridgehead atoms. The second kappa shape index (κ2) is 6.47. The van der Waals surface area contributed by atoms with E-state index < -0.39 is 0 Å². The van der Waals surface area contributed by atoms with Crippen LogP contribution in [0.15, 0.2) is 72.3 Å². The fourth-order valence-corrected chi connectivity index (χ4v) is 3.68. The van der Waals surface area contributed by atoms with Gasteiger partial charge in [-0.25, -0.2) is 0 Å². The maximum absolute atomic E-state index is 6.10. The van der Waals surface area contributed by atoms with Crippen LogP contribution in [0.5, 0.6) is 5.75 Å². The molecule has 1 aliphatic rings. The topological polar surface area (TPSA) is 9.23 Å². The summed E-state index contributed by atoms with van der Waals surface area (Å²) in [5, 5.41) is 2.37. The predicted octanol–water partition coefficient (Wildman–Crippen LogP) is 5.36. The van der Waals surface area contributed by atoms with Crippen LogP contribution in [0, 0.1) is 11.8 Å². The zero-order chi connectivity index (χ0) is 16.4. The predicted molar refractivity (Wildman–Crippen MR) is 103 cm³/mol. The first-order valence-electron chi connectivity index (χ1n) is 7.86. The first-order chi connectivity index (χ1) is 11.9. The van der Waals surface area contributed by atoms with Gasteiger partial charge in [0.2, 0.25) is 0 Å². The summed E-state index contributed by atoms with van der Waals surface area (Å²) in [5.74, 6) is 7.53. The Morgan fingerprint density at radius 1 is 0.875 bits per heavy atom. The average molecular weight is 328 g/mol. The Kier molecular flexibility index (Phi) is 4.02. The Morgan fingerprint density at radius 3 is 2.50 bits per heavy atom. The highest BCUT2D eigenvalue weighted by atomic mass is 32.2. The van der Waals surface area contributed by atoms with Crippen LogP contribution in [0.25, 0.3) is 15.7 Å². The van der Waals surface area contributed by atoms with Crippen LogP contribution in [-0.2, 0) is 0 Å². The summed E-state index contributed by atoms with van der Waals surface area (Å²) in [4.78, 5) is 1.21. The smallest absolute Gasteiger partial charge is 0.136 e. The molecule has 0 fully saturated rings. The van der Waals surface area contributed by atoms with Gasteiger partial charge in [-0.2, -0.15) is 0 Å².